The van der Waals surface area contributed by atoms with Crippen LogP contribution in [0.1, 0.15) is 35.4 Å². The summed E-state index contributed by atoms with van der Waals surface area (Å²) in [4.78, 5) is 12.4. The number of nitrogen functional groups attached to an aromatic ring is 1. The maximum Gasteiger partial charge on any atom is 0.255 e. The van der Waals surface area contributed by atoms with Gasteiger partial charge in [0.05, 0.1) is 29.5 Å². The van der Waals surface area contributed by atoms with Gasteiger partial charge >= 0.3 is 0 Å². The van der Waals surface area contributed by atoms with Crippen LogP contribution in [0.15, 0.2) is 42.5 Å². The highest BCUT2D eigenvalue weighted by Crippen LogP contribution is 2.29. The minimum Gasteiger partial charge on any atom is -0.496 e. The van der Waals surface area contributed by atoms with Crippen molar-refractivity contribution in [3.63, 3.8) is 0 Å². The van der Waals surface area contributed by atoms with Gasteiger partial charge in [0.25, 0.3) is 5.91 Å². The molecular formula is C18H22Cl2N2O3. The second-order valence-electron chi connectivity index (χ2n) is 5.61. The molecule has 25 heavy (non-hydrogen) atoms. The van der Waals surface area contributed by atoms with Gasteiger partial charge < -0.3 is 20.9 Å². The molecule has 0 radical (unpaired) electrons. The quantitative estimate of drug-likeness (QED) is 0.664. The van der Waals surface area contributed by atoms with Crippen molar-refractivity contribution in [2.45, 2.75) is 25.5 Å². The molecule has 0 aliphatic rings. The van der Waals surface area contributed by atoms with Gasteiger partial charge in [-0.15, -0.1) is 12.4 Å². The van der Waals surface area contributed by atoms with E-state index in [1.807, 2.05) is 37.3 Å². The topological polar surface area (TPSA) is 84.6 Å². The van der Waals surface area contributed by atoms with Crippen molar-refractivity contribution in [1.82, 2.24) is 5.32 Å². The molecule has 2 aromatic carbocycles. The number of carbonyl (C=O) groups excluding carboxylic acids is 1. The number of aliphatic hydroxyl groups excluding tert-OH is 1. The summed E-state index contributed by atoms with van der Waals surface area (Å²) >= 11 is 5.99. The van der Waals surface area contributed by atoms with Crippen LogP contribution in [-0.4, -0.2) is 24.2 Å². The van der Waals surface area contributed by atoms with Crippen LogP contribution in [0, 0.1) is 0 Å². The van der Waals surface area contributed by atoms with E-state index < -0.39 is 6.10 Å². The molecule has 0 aromatic heterocycles. The predicted molar refractivity (Wildman–Crippen MR) is 103 cm³/mol. The number of halogens is 2. The molecule has 0 saturated heterocycles. The molecule has 2 rings (SSSR count). The Morgan fingerprint density at radius 2 is 1.96 bits per heavy atom. The molecule has 0 spiro atoms. The van der Waals surface area contributed by atoms with Gasteiger partial charge in [0.2, 0.25) is 0 Å². The fourth-order valence-corrected chi connectivity index (χ4v) is 2.59. The summed E-state index contributed by atoms with van der Waals surface area (Å²) < 4.78 is 5.19. The number of anilines is 1. The fraction of sp³-hybridized carbons (Fsp3) is 0.278. The summed E-state index contributed by atoms with van der Waals surface area (Å²) in [5, 5.41) is 13.4. The minimum absolute atomic E-state index is 0. The number of ether oxygens (including phenoxy) is 1. The molecule has 0 saturated carbocycles. The molecule has 2 unspecified atom stereocenters. The molecule has 2 aromatic rings. The Morgan fingerprint density at radius 1 is 1.32 bits per heavy atom. The average Bonchev–Trinajstić information content (AvgIpc) is 2.57. The Bertz CT molecular complexity index is 711. The second kappa shape index (κ2) is 9.51. The molecule has 136 valence electrons. The number of nitrogens with one attached hydrogen (secondary N) is 1. The van der Waals surface area contributed by atoms with Crippen LogP contribution >= 0.6 is 24.0 Å². The third-order valence-corrected chi connectivity index (χ3v) is 4.03. The zero-order valence-electron chi connectivity index (χ0n) is 14.0. The molecule has 4 N–H and O–H groups in total. The smallest absolute Gasteiger partial charge is 0.255 e. The van der Waals surface area contributed by atoms with E-state index in [2.05, 4.69) is 5.32 Å². The molecule has 1 amide bonds. The molecule has 0 fully saturated rings. The molecule has 7 heteroatoms. The van der Waals surface area contributed by atoms with Crippen molar-refractivity contribution in [1.29, 1.82) is 0 Å². The van der Waals surface area contributed by atoms with Crippen LogP contribution in [0.4, 0.5) is 5.69 Å². The third-order valence-electron chi connectivity index (χ3n) is 3.70. The van der Waals surface area contributed by atoms with Gasteiger partial charge in [-0.3, -0.25) is 4.79 Å². The number of hydrogen-bond acceptors (Lipinski definition) is 4. The van der Waals surface area contributed by atoms with Gasteiger partial charge in [-0.05, 0) is 25.0 Å². The van der Waals surface area contributed by atoms with Gasteiger partial charge in [0.1, 0.15) is 5.75 Å². The first-order valence-electron chi connectivity index (χ1n) is 7.59. The van der Waals surface area contributed by atoms with E-state index in [9.17, 15) is 9.90 Å². The normalized spacial score (nSPS) is 12.6. The number of nitrogens with two attached hydrogens (primary N) is 1. The number of carbonyl (C=O) groups is 1. The van der Waals surface area contributed by atoms with E-state index in [0.29, 0.717) is 23.4 Å². The number of methoxy groups -OCH3 is 1. The van der Waals surface area contributed by atoms with Crippen molar-refractivity contribution in [2.75, 3.05) is 12.8 Å². The molecule has 0 aliphatic heterocycles. The predicted octanol–water partition coefficient (Wildman–Crippen LogP) is 3.59. The lowest BCUT2D eigenvalue weighted by atomic mass is 10.0. The third kappa shape index (κ3) is 5.53. The Hall–Kier alpha value is -1.95. The zero-order chi connectivity index (χ0) is 17.7. The van der Waals surface area contributed by atoms with Gasteiger partial charge in [-0.25, -0.2) is 0 Å². The monoisotopic (exact) mass is 384 g/mol. The van der Waals surface area contributed by atoms with Crippen LogP contribution in [0.2, 0.25) is 5.02 Å². The molecular weight excluding hydrogens is 363 g/mol. The maximum atomic E-state index is 12.4. The Morgan fingerprint density at radius 3 is 2.56 bits per heavy atom. The van der Waals surface area contributed by atoms with E-state index in [0.717, 1.165) is 5.56 Å². The number of hydrogen-bond donors (Lipinski definition) is 3. The maximum absolute atomic E-state index is 12.4. The summed E-state index contributed by atoms with van der Waals surface area (Å²) in [6, 6.07) is 12.1. The highest BCUT2D eigenvalue weighted by atomic mass is 35.5. The molecule has 0 aliphatic carbocycles. The standard InChI is InChI=1S/C18H21ClN2O3.ClH/c1-11(8-16(22)12-6-4-3-5-7-12)21-18(23)13-9-14(19)15(20)10-17(13)24-2;/h3-7,9-11,16,22H,8,20H2,1-2H3,(H,21,23);1H. The number of benzene rings is 2. The number of rotatable bonds is 6. The summed E-state index contributed by atoms with van der Waals surface area (Å²) in [5.74, 6) is 0.0201. The fourth-order valence-electron chi connectivity index (χ4n) is 2.42. The molecule has 0 heterocycles. The second-order valence-corrected chi connectivity index (χ2v) is 6.02. The van der Waals surface area contributed by atoms with Gasteiger partial charge in [-0.1, -0.05) is 41.9 Å². The molecule has 5 nitrogen and oxygen atoms in total. The lowest BCUT2D eigenvalue weighted by Crippen LogP contribution is -2.34. The first kappa shape index (κ1) is 21.1. The average molecular weight is 385 g/mol. The number of aliphatic hydroxyl groups is 1. The Labute approximate surface area is 158 Å². The van der Waals surface area contributed by atoms with Crippen LogP contribution in [0.3, 0.4) is 0 Å². The van der Waals surface area contributed by atoms with Crippen molar-refractivity contribution >= 4 is 35.6 Å². The van der Waals surface area contributed by atoms with Gasteiger partial charge in [0, 0.05) is 12.1 Å². The van der Waals surface area contributed by atoms with Crippen molar-refractivity contribution in [2.24, 2.45) is 0 Å². The zero-order valence-corrected chi connectivity index (χ0v) is 15.6. The first-order valence-corrected chi connectivity index (χ1v) is 7.97. The van der Waals surface area contributed by atoms with E-state index in [4.69, 9.17) is 22.1 Å². The molecule has 2 atom stereocenters. The lowest BCUT2D eigenvalue weighted by molar-refractivity contribution is 0.0914. The highest BCUT2D eigenvalue weighted by Gasteiger charge is 2.19. The van der Waals surface area contributed by atoms with E-state index >= 15 is 0 Å². The van der Waals surface area contributed by atoms with Crippen LogP contribution in [-0.2, 0) is 0 Å². The van der Waals surface area contributed by atoms with Crippen LogP contribution in [0.25, 0.3) is 0 Å². The van der Waals surface area contributed by atoms with Gasteiger partial charge in [-0.2, -0.15) is 0 Å². The van der Waals surface area contributed by atoms with E-state index in [1.54, 1.807) is 0 Å². The van der Waals surface area contributed by atoms with E-state index in [-0.39, 0.29) is 29.4 Å². The minimum atomic E-state index is -0.654. The summed E-state index contributed by atoms with van der Waals surface area (Å²) in [6.07, 6.45) is -0.265. The van der Waals surface area contributed by atoms with Crippen LogP contribution in [0.5, 0.6) is 5.75 Å². The molecule has 0 bridgehead atoms. The largest absolute Gasteiger partial charge is 0.496 e. The first-order chi connectivity index (χ1) is 11.4. The van der Waals surface area contributed by atoms with Crippen LogP contribution < -0.4 is 15.8 Å². The summed E-state index contributed by atoms with van der Waals surface area (Å²) in [7, 11) is 1.46. The van der Waals surface area contributed by atoms with Crippen molar-refractivity contribution in [3.05, 3.63) is 58.6 Å². The Kier molecular flexibility index (Phi) is 8.03. The number of amides is 1. The summed E-state index contributed by atoms with van der Waals surface area (Å²) in [6.45, 7) is 1.83. The SMILES string of the molecule is COc1cc(N)c(Cl)cc1C(=O)NC(C)CC(O)c1ccccc1.Cl. The van der Waals surface area contributed by atoms with Crippen molar-refractivity contribution < 1.29 is 14.6 Å². The van der Waals surface area contributed by atoms with Gasteiger partial charge in [0.15, 0.2) is 0 Å². The highest BCUT2D eigenvalue weighted by molar-refractivity contribution is 6.33. The lowest BCUT2D eigenvalue weighted by Gasteiger charge is -2.19. The van der Waals surface area contributed by atoms with E-state index in [1.165, 1.54) is 19.2 Å². The summed E-state index contributed by atoms with van der Waals surface area (Å²) in [5.41, 5.74) is 7.18. The van der Waals surface area contributed by atoms with Crippen molar-refractivity contribution in [3.8, 4) is 5.75 Å². The Balaban J connectivity index is 0.00000312.